The first kappa shape index (κ1) is 21.2. The van der Waals surface area contributed by atoms with Gasteiger partial charge in [0.2, 0.25) is 36.6 Å². The number of ether oxygens (including phenoxy) is 8. The van der Waals surface area contributed by atoms with Crippen LogP contribution in [0.3, 0.4) is 0 Å². The number of hydrogen-bond donors (Lipinski definition) is 0. The first-order valence-corrected chi connectivity index (χ1v) is 9.60. The minimum atomic E-state index is -0.262. The van der Waals surface area contributed by atoms with Crippen LogP contribution < -0.4 is 37.9 Å². The molecule has 0 amide bonds. The van der Waals surface area contributed by atoms with E-state index in [2.05, 4.69) is 0 Å². The third-order valence-corrected chi connectivity index (χ3v) is 4.89. The van der Waals surface area contributed by atoms with E-state index in [4.69, 9.17) is 37.9 Å². The summed E-state index contributed by atoms with van der Waals surface area (Å²) in [6, 6.07) is 3.43. The van der Waals surface area contributed by atoms with Gasteiger partial charge in [0, 0.05) is 11.1 Å². The average molecular weight is 442 g/mol. The van der Waals surface area contributed by atoms with Gasteiger partial charge in [0.1, 0.15) is 0 Å². The smallest absolute Gasteiger partial charge is 0.231 e. The van der Waals surface area contributed by atoms with Crippen molar-refractivity contribution in [3.8, 4) is 46.0 Å². The maximum absolute atomic E-state index is 12.5. The molecule has 2 aromatic rings. The number of ketones is 1. The van der Waals surface area contributed by atoms with Crippen LogP contribution in [0.25, 0.3) is 12.2 Å². The van der Waals surface area contributed by atoms with E-state index in [0.29, 0.717) is 57.1 Å². The fraction of sp³-hybridized carbons (Fsp3) is 0.261. The molecule has 32 heavy (non-hydrogen) atoms. The van der Waals surface area contributed by atoms with Crippen LogP contribution in [0.2, 0.25) is 0 Å². The van der Waals surface area contributed by atoms with E-state index in [0.717, 1.165) is 0 Å². The summed E-state index contributed by atoms with van der Waals surface area (Å²) in [5.74, 6) is 3.42. The molecule has 0 saturated carbocycles. The minimum Gasteiger partial charge on any atom is -0.493 e. The molecule has 168 valence electrons. The molecule has 2 aliphatic heterocycles. The van der Waals surface area contributed by atoms with Crippen LogP contribution in [0.1, 0.15) is 11.1 Å². The largest absolute Gasteiger partial charge is 0.493 e. The van der Waals surface area contributed by atoms with Crippen LogP contribution in [-0.2, 0) is 4.79 Å². The van der Waals surface area contributed by atoms with Crippen molar-refractivity contribution in [3.05, 3.63) is 35.4 Å². The lowest BCUT2D eigenvalue weighted by Crippen LogP contribution is -1.95. The maximum atomic E-state index is 12.5. The molecule has 9 heteroatoms. The van der Waals surface area contributed by atoms with E-state index < -0.39 is 0 Å². The zero-order valence-corrected chi connectivity index (χ0v) is 18.1. The first-order chi connectivity index (χ1) is 15.6. The molecule has 0 fully saturated rings. The number of hydrogen-bond acceptors (Lipinski definition) is 9. The topological polar surface area (TPSA) is 90.9 Å². The van der Waals surface area contributed by atoms with Gasteiger partial charge in [0.25, 0.3) is 0 Å². The molecule has 0 unspecified atom stereocenters. The van der Waals surface area contributed by atoms with Crippen molar-refractivity contribution >= 4 is 17.9 Å². The zero-order valence-electron chi connectivity index (χ0n) is 18.1. The minimum absolute atomic E-state index is 0.0672. The number of carbonyl (C=O) groups is 1. The number of allylic oxidation sites excluding steroid dienone is 2. The summed E-state index contributed by atoms with van der Waals surface area (Å²) in [5, 5.41) is 0. The van der Waals surface area contributed by atoms with Crippen molar-refractivity contribution in [3.63, 3.8) is 0 Å². The van der Waals surface area contributed by atoms with Crippen molar-refractivity contribution in [1.82, 2.24) is 0 Å². The Bertz CT molecular complexity index is 1020. The van der Waals surface area contributed by atoms with E-state index in [1.807, 2.05) is 0 Å². The summed E-state index contributed by atoms with van der Waals surface area (Å²) in [7, 11) is 6.08. The second kappa shape index (κ2) is 9.01. The van der Waals surface area contributed by atoms with Gasteiger partial charge in [0.05, 0.1) is 28.4 Å². The summed E-state index contributed by atoms with van der Waals surface area (Å²) in [5.41, 5.74) is 1.22. The van der Waals surface area contributed by atoms with E-state index in [1.54, 1.807) is 24.3 Å². The highest BCUT2D eigenvalue weighted by molar-refractivity contribution is 6.05. The molecule has 2 aliphatic rings. The molecule has 0 atom stereocenters. The van der Waals surface area contributed by atoms with E-state index in [9.17, 15) is 4.79 Å². The molecular weight excluding hydrogens is 420 g/mol. The summed E-state index contributed by atoms with van der Waals surface area (Å²) >= 11 is 0. The van der Waals surface area contributed by atoms with Gasteiger partial charge in [-0.3, -0.25) is 4.79 Å². The molecule has 9 nitrogen and oxygen atoms in total. The van der Waals surface area contributed by atoms with Gasteiger partial charge in [-0.2, -0.15) is 0 Å². The van der Waals surface area contributed by atoms with E-state index in [-0.39, 0.29) is 19.4 Å². The first-order valence-electron chi connectivity index (χ1n) is 9.60. The molecule has 0 aromatic heterocycles. The third-order valence-electron chi connectivity index (χ3n) is 4.89. The monoisotopic (exact) mass is 442 g/mol. The molecule has 4 rings (SSSR count). The average Bonchev–Trinajstić information content (AvgIpc) is 3.49. The summed E-state index contributed by atoms with van der Waals surface area (Å²) in [4.78, 5) is 12.5. The van der Waals surface area contributed by atoms with Crippen molar-refractivity contribution in [2.75, 3.05) is 42.0 Å². The number of carbonyl (C=O) groups excluding carboxylic acids is 1. The fourth-order valence-electron chi connectivity index (χ4n) is 3.44. The number of fused-ring (bicyclic) bond motifs is 2. The number of methoxy groups -OCH3 is 4. The van der Waals surface area contributed by atoms with Gasteiger partial charge < -0.3 is 37.9 Å². The SMILES string of the molecule is COc1cc(/C=C/C(=O)/C=C/c2cc(OC)c3c(c2OC)OCO3)c(OC)c2c1OCO2. The summed E-state index contributed by atoms with van der Waals surface area (Å²) in [6.07, 6.45) is 6.06. The van der Waals surface area contributed by atoms with Crippen LogP contribution in [0.15, 0.2) is 24.3 Å². The van der Waals surface area contributed by atoms with Crippen LogP contribution in [0.4, 0.5) is 0 Å². The molecular formula is C23H22O9. The van der Waals surface area contributed by atoms with Crippen LogP contribution >= 0.6 is 0 Å². The molecule has 0 radical (unpaired) electrons. The third kappa shape index (κ3) is 3.73. The normalized spacial score (nSPS) is 13.6. The summed E-state index contributed by atoms with van der Waals surface area (Å²) in [6.45, 7) is 0.134. The van der Waals surface area contributed by atoms with Gasteiger partial charge in [-0.05, 0) is 36.4 Å². The molecule has 0 saturated heterocycles. The molecule has 0 spiro atoms. The standard InChI is InChI=1S/C23H22O9/c1-25-16-9-13(18(27-3)22-20(16)29-11-31-22)5-7-15(24)8-6-14-10-17(26-2)21-23(19(14)28-4)32-12-30-21/h5-10H,11-12H2,1-4H3/b7-5+,8-6+. The van der Waals surface area contributed by atoms with Gasteiger partial charge >= 0.3 is 0 Å². The number of benzene rings is 2. The zero-order chi connectivity index (χ0) is 22.7. The Labute approximate surface area is 184 Å². The second-order valence-electron chi connectivity index (χ2n) is 6.60. The summed E-state index contributed by atoms with van der Waals surface area (Å²) < 4.78 is 43.5. The Morgan fingerprint density at radius 3 is 1.47 bits per heavy atom. The van der Waals surface area contributed by atoms with Crippen molar-refractivity contribution < 1.29 is 42.7 Å². The maximum Gasteiger partial charge on any atom is 0.231 e. The van der Waals surface area contributed by atoms with E-state index in [1.165, 1.54) is 40.6 Å². The highest BCUT2D eigenvalue weighted by Crippen LogP contribution is 2.50. The predicted octanol–water partition coefficient (Wildman–Crippen LogP) is 3.47. The quantitative estimate of drug-likeness (QED) is 0.570. The van der Waals surface area contributed by atoms with Crippen LogP contribution in [0, 0.1) is 0 Å². The van der Waals surface area contributed by atoms with Crippen LogP contribution in [-0.4, -0.2) is 47.8 Å². The lowest BCUT2D eigenvalue weighted by molar-refractivity contribution is -0.110. The highest BCUT2D eigenvalue weighted by atomic mass is 16.7. The lowest BCUT2D eigenvalue weighted by atomic mass is 10.1. The molecule has 0 N–H and O–H groups in total. The molecule has 0 bridgehead atoms. The highest BCUT2D eigenvalue weighted by Gasteiger charge is 2.27. The van der Waals surface area contributed by atoms with Gasteiger partial charge in [-0.25, -0.2) is 0 Å². The van der Waals surface area contributed by atoms with Gasteiger partial charge in [-0.1, -0.05) is 0 Å². The Hall–Kier alpha value is -4.01. The van der Waals surface area contributed by atoms with E-state index >= 15 is 0 Å². The van der Waals surface area contributed by atoms with Crippen molar-refractivity contribution in [2.45, 2.75) is 0 Å². The van der Waals surface area contributed by atoms with Gasteiger partial charge in [-0.15, -0.1) is 0 Å². The predicted molar refractivity (Wildman–Crippen MR) is 114 cm³/mol. The Kier molecular flexibility index (Phi) is 5.98. The molecule has 2 aromatic carbocycles. The van der Waals surface area contributed by atoms with Crippen molar-refractivity contribution in [2.24, 2.45) is 0 Å². The Morgan fingerprint density at radius 1 is 0.688 bits per heavy atom. The Morgan fingerprint density at radius 2 is 1.09 bits per heavy atom. The molecule has 0 aliphatic carbocycles. The molecule has 2 heterocycles. The van der Waals surface area contributed by atoms with Crippen LogP contribution in [0.5, 0.6) is 46.0 Å². The Balaban J connectivity index is 1.60. The lowest BCUT2D eigenvalue weighted by Gasteiger charge is -2.11. The van der Waals surface area contributed by atoms with Crippen molar-refractivity contribution in [1.29, 1.82) is 0 Å². The second-order valence-corrected chi connectivity index (χ2v) is 6.60. The number of rotatable bonds is 8. The van der Waals surface area contributed by atoms with Gasteiger partial charge in [0.15, 0.2) is 28.8 Å². The fourth-order valence-corrected chi connectivity index (χ4v) is 3.44.